The van der Waals surface area contributed by atoms with E-state index in [1.165, 1.54) is 0 Å². The zero-order valence-electron chi connectivity index (χ0n) is 9.30. The van der Waals surface area contributed by atoms with E-state index in [2.05, 4.69) is 4.98 Å². The van der Waals surface area contributed by atoms with Crippen LogP contribution in [0.25, 0.3) is 0 Å². The van der Waals surface area contributed by atoms with Gasteiger partial charge < -0.3 is 9.84 Å². The Labute approximate surface area is 105 Å². The van der Waals surface area contributed by atoms with E-state index in [1.54, 1.807) is 49.7 Å². The summed E-state index contributed by atoms with van der Waals surface area (Å²) >= 11 is 5.93. The number of pyridine rings is 1. The van der Waals surface area contributed by atoms with Crippen molar-refractivity contribution in [3.8, 4) is 5.75 Å². The van der Waals surface area contributed by atoms with Crippen LogP contribution in [0.5, 0.6) is 5.75 Å². The van der Waals surface area contributed by atoms with Gasteiger partial charge in [0.05, 0.1) is 7.11 Å². The Balaban J connectivity index is 2.30. The third kappa shape index (κ3) is 2.57. The first-order chi connectivity index (χ1) is 8.22. The minimum absolute atomic E-state index is 0.316. The van der Waals surface area contributed by atoms with Crippen molar-refractivity contribution in [2.45, 2.75) is 6.10 Å². The number of rotatable bonds is 3. The number of methoxy groups -OCH3 is 1. The van der Waals surface area contributed by atoms with Crippen LogP contribution in [0, 0.1) is 0 Å². The molecule has 1 unspecified atom stereocenters. The maximum absolute atomic E-state index is 10.2. The first kappa shape index (κ1) is 11.9. The topological polar surface area (TPSA) is 42.4 Å². The normalized spacial score (nSPS) is 12.2. The lowest BCUT2D eigenvalue weighted by Gasteiger charge is -2.12. The highest BCUT2D eigenvalue weighted by molar-refractivity contribution is 6.30. The molecule has 0 aliphatic rings. The van der Waals surface area contributed by atoms with Crippen LogP contribution in [0.3, 0.4) is 0 Å². The summed E-state index contributed by atoms with van der Waals surface area (Å²) in [6, 6.07) is 10.7. The first-order valence-corrected chi connectivity index (χ1v) is 5.52. The van der Waals surface area contributed by atoms with Crippen LogP contribution in [0.2, 0.25) is 5.15 Å². The van der Waals surface area contributed by atoms with Crippen LogP contribution >= 0.6 is 11.6 Å². The number of nitrogens with zero attached hydrogens (tertiary/aromatic N) is 1. The van der Waals surface area contributed by atoms with Crippen LogP contribution in [0.15, 0.2) is 42.6 Å². The Kier molecular flexibility index (Phi) is 3.61. The molecular weight excluding hydrogens is 238 g/mol. The molecule has 1 N–H and O–H groups in total. The molecule has 0 radical (unpaired) electrons. The van der Waals surface area contributed by atoms with Crippen LogP contribution < -0.4 is 4.74 Å². The van der Waals surface area contributed by atoms with Gasteiger partial charge in [-0.25, -0.2) is 4.98 Å². The Morgan fingerprint density at radius 1 is 1.24 bits per heavy atom. The molecule has 2 aromatic rings. The van der Waals surface area contributed by atoms with Crippen molar-refractivity contribution in [2.24, 2.45) is 0 Å². The van der Waals surface area contributed by atoms with Gasteiger partial charge in [-0.15, -0.1) is 0 Å². The Morgan fingerprint density at radius 3 is 2.53 bits per heavy atom. The molecule has 0 bridgehead atoms. The minimum Gasteiger partial charge on any atom is -0.497 e. The van der Waals surface area contributed by atoms with Crippen molar-refractivity contribution in [3.63, 3.8) is 0 Å². The zero-order chi connectivity index (χ0) is 12.3. The van der Waals surface area contributed by atoms with E-state index in [0.717, 1.165) is 11.3 Å². The molecule has 0 saturated heterocycles. The standard InChI is InChI=1S/C13H12ClNO2/c1-17-10-6-4-9(5-7-10)12(16)11-3-2-8-15-13(11)14/h2-8,12,16H,1H3. The molecule has 0 spiro atoms. The number of benzene rings is 1. The maximum Gasteiger partial charge on any atom is 0.135 e. The fourth-order valence-corrected chi connectivity index (χ4v) is 1.79. The number of hydrogen-bond acceptors (Lipinski definition) is 3. The lowest BCUT2D eigenvalue weighted by atomic mass is 10.0. The average molecular weight is 250 g/mol. The lowest BCUT2D eigenvalue weighted by Crippen LogP contribution is -2.01. The summed E-state index contributed by atoms with van der Waals surface area (Å²) in [4.78, 5) is 3.94. The number of aliphatic hydroxyl groups is 1. The number of aliphatic hydroxyl groups excluding tert-OH is 1. The molecule has 1 aromatic carbocycles. The average Bonchev–Trinajstić information content (AvgIpc) is 2.39. The SMILES string of the molecule is COc1ccc(C(O)c2cccnc2Cl)cc1. The molecule has 0 aliphatic carbocycles. The smallest absolute Gasteiger partial charge is 0.135 e. The van der Waals surface area contributed by atoms with Gasteiger partial charge in [0, 0.05) is 11.8 Å². The monoisotopic (exact) mass is 249 g/mol. The van der Waals surface area contributed by atoms with Crippen LogP contribution in [-0.4, -0.2) is 17.2 Å². The second-order valence-corrected chi connectivity index (χ2v) is 3.92. The summed E-state index contributed by atoms with van der Waals surface area (Å²) < 4.78 is 5.06. The summed E-state index contributed by atoms with van der Waals surface area (Å²) in [5.41, 5.74) is 1.35. The highest BCUT2D eigenvalue weighted by Crippen LogP contribution is 2.27. The van der Waals surface area contributed by atoms with E-state index in [4.69, 9.17) is 16.3 Å². The molecule has 1 aromatic heterocycles. The van der Waals surface area contributed by atoms with Gasteiger partial charge in [-0.3, -0.25) is 0 Å². The molecule has 2 rings (SSSR count). The fraction of sp³-hybridized carbons (Fsp3) is 0.154. The van der Waals surface area contributed by atoms with Gasteiger partial charge in [0.15, 0.2) is 0 Å². The second-order valence-electron chi connectivity index (χ2n) is 3.56. The predicted molar refractivity (Wildman–Crippen MR) is 66.3 cm³/mol. The zero-order valence-corrected chi connectivity index (χ0v) is 10.1. The lowest BCUT2D eigenvalue weighted by molar-refractivity contribution is 0.220. The van der Waals surface area contributed by atoms with Crippen LogP contribution in [-0.2, 0) is 0 Å². The van der Waals surface area contributed by atoms with Gasteiger partial charge in [-0.2, -0.15) is 0 Å². The van der Waals surface area contributed by atoms with E-state index in [-0.39, 0.29) is 0 Å². The molecule has 17 heavy (non-hydrogen) atoms. The van der Waals surface area contributed by atoms with E-state index >= 15 is 0 Å². The predicted octanol–water partition coefficient (Wildman–Crippen LogP) is 2.83. The van der Waals surface area contributed by atoms with Crippen molar-refractivity contribution < 1.29 is 9.84 Å². The number of halogens is 1. The van der Waals surface area contributed by atoms with Gasteiger partial charge in [0.1, 0.15) is 17.0 Å². The summed E-state index contributed by atoms with van der Waals surface area (Å²) in [5.74, 6) is 0.748. The molecule has 4 heteroatoms. The number of ether oxygens (including phenoxy) is 1. The highest BCUT2D eigenvalue weighted by atomic mass is 35.5. The summed E-state index contributed by atoms with van der Waals surface area (Å²) in [7, 11) is 1.60. The van der Waals surface area contributed by atoms with Gasteiger partial charge >= 0.3 is 0 Å². The Bertz CT molecular complexity index is 499. The van der Waals surface area contributed by atoms with Gasteiger partial charge in [0.2, 0.25) is 0 Å². The van der Waals surface area contributed by atoms with Crippen LogP contribution in [0.4, 0.5) is 0 Å². The number of aromatic nitrogens is 1. The van der Waals surface area contributed by atoms with Crippen molar-refractivity contribution in [1.82, 2.24) is 4.98 Å². The molecule has 3 nitrogen and oxygen atoms in total. The summed E-state index contributed by atoms with van der Waals surface area (Å²) in [6.07, 6.45) is 0.814. The third-order valence-electron chi connectivity index (χ3n) is 2.51. The number of hydrogen-bond donors (Lipinski definition) is 1. The highest BCUT2D eigenvalue weighted by Gasteiger charge is 2.14. The van der Waals surface area contributed by atoms with Crippen molar-refractivity contribution in [1.29, 1.82) is 0 Å². The fourth-order valence-electron chi connectivity index (χ4n) is 1.57. The molecule has 0 amide bonds. The van der Waals surface area contributed by atoms with Crippen molar-refractivity contribution in [3.05, 3.63) is 58.9 Å². The van der Waals surface area contributed by atoms with Gasteiger partial charge in [0.25, 0.3) is 0 Å². The van der Waals surface area contributed by atoms with Crippen LogP contribution in [0.1, 0.15) is 17.2 Å². The van der Waals surface area contributed by atoms with E-state index in [1.807, 2.05) is 0 Å². The molecule has 1 heterocycles. The second kappa shape index (κ2) is 5.17. The van der Waals surface area contributed by atoms with Gasteiger partial charge in [-0.05, 0) is 23.8 Å². The summed E-state index contributed by atoms with van der Waals surface area (Å²) in [6.45, 7) is 0. The molecular formula is C13H12ClNO2. The van der Waals surface area contributed by atoms with E-state index in [0.29, 0.717) is 10.7 Å². The molecule has 0 aliphatic heterocycles. The maximum atomic E-state index is 10.2. The Hall–Kier alpha value is -1.58. The van der Waals surface area contributed by atoms with E-state index in [9.17, 15) is 5.11 Å². The molecule has 88 valence electrons. The van der Waals surface area contributed by atoms with Crippen molar-refractivity contribution >= 4 is 11.6 Å². The minimum atomic E-state index is -0.776. The Morgan fingerprint density at radius 2 is 1.94 bits per heavy atom. The quantitative estimate of drug-likeness (QED) is 0.851. The molecule has 1 atom stereocenters. The molecule has 0 fully saturated rings. The molecule has 0 saturated carbocycles. The van der Waals surface area contributed by atoms with Crippen molar-refractivity contribution in [2.75, 3.05) is 7.11 Å². The first-order valence-electron chi connectivity index (χ1n) is 5.15. The van der Waals surface area contributed by atoms with Gasteiger partial charge in [-0.1, -0.05) is 29.8 Å². The third-order valence-corrected chi connectivity index (χ3v) is 2.83. The van der Waals surface area contributed by atoms with E-state index < -0.39 is 6.10 Å². The summed E-state index contributed by atoms with van der Waals surface area (Å²) in [5, 5.41) is 10.5. The largest absolute Gasteiger partial charge is 0.497 e.